The van der Waals surface area contributed by atoms with Gasteiger partial charge >= 0.3 is 5.97 Å². The summed E-state index contributed by atoms with van der Waals surface area (Å²) in [6, 6.07) is 17.7. The summed E-state index contributed by atoms with van der Waals surface area (Å²) in [5.41, 5.74) is 7.86. The first kappa shape index (κ1) is 21.5. The van der Waals surface area contributed by atoms with E-state index in [1.807, 2.05) is 18.2 Å². The molecule has 0 aliphatic rings. The fourth-order valence-corrected chi connectivity index (χ4v) is 2.55. The molecule has 0 atom stereocenters. The molecule has 0 saturated heterocycles. The van der Waals surface area contributed by atoms with E-state index in [0.29, 0.717) is 53.8 Å². The number of aromatic nitrogens is 1. The number of carboxylic acid groups (broad SMARTS) is 1. The number of hydrogen-bond donors (Lipinski definition) is 2. The van der Waals surface area contributed by atoms with Crippen LogP contribution in [0.2, 0.25) is 0 Å². The Bertz CT molecular complexity index is 1060. The molecule has 0 amide bonds. The van der Waals surface area contributed by atoms with Gasteiger partial charge in [0.25, 0.3) is 0 Å². The van der Waals surface area contributed by atoms with Crippen LogP contribution in [0.5, 0.6) is 17.2 Å². The lowest BCUT2D eigenvalue weighted by atomic mass is 10.1. The second-order valence-corrected chi connectivity index (χ2v) is 6.42. The quantitative estimate of drug-likeness (QED) is 0.312. The summed E-state index contributed by atoms with van der Waals surface area (Å²) in [5.74, 6) is 6.84. The molecule has 3 aromatic rings. The molecule has 1 heterocycles. The maximum absolute atomic E-state index is 10.5. The molecule has 0 saturated carbocycles. The Morgan fingerprint density at radius 2 is 1.68 bits per heavy atom. The van der Waals surface area contributed by atoms with Crippen LogP contribution in [0.25, 0.3) is 0 Å². The molecule has 0 aliphatic heterocycles. The smallest absolute Gasteiger partial charge is 0.341 e. The molecule has 1 aromatic heterocycles. The molecule has 31 heavy (non-hydrogen) atoms. The lowest BCUT2D eigenvalue weighted by Gasteiger charge is -2.10. The van der Waals surface area contributed by atoms with Crippen molar-refractivity contribution in [3.63, 3.8) is 0 Å². The number of hydrogen-bond acceptors (Lipinski definition) is 6. The van der Waals surface area contributed by atoms with Gasteiger partial charge in [-0.3, -0.25) is 0 Å². The molecule has 3 rings (SSSR count). The SMILES string of the molecule is Nc1ccc(OCCCOc2ccc(OCC(=O)O)cc2)c(C#Cc2ccccn2)c1. The Hall–Kier alpha value is -4.18. The molecular weight excluding hydrogens is 396 g/mol. The minimum Gasteiger partial charge on any atom is -0.493 e. The van der Waals surface area contributed by atoms with Crippen LogP contribution in [-0.4, -0.2) is 35.9 Å². The molecular formula is C24H22N2O5. The van der Waals surface area contributed by atoms with Gasteiger partial charge in [0.05, 0.1) is 18.8 Å². The highest BCUT2D eigenvalue weighted by molar-refractivity contribution is 5.68. The molecule has 0 spiro atoms. The monoisotopic (exact) mass is 418 g/mol. The highest BCUT2D eigenvalue weighted by atomic mass is 16.5. The van der Waals surface area contributed by atoms with Crippen molar-refractivity contribution in [1.82, 2.24) is 4.98 Å². The fourth-order valence-electron chi connectivity index (χ4n) is 2.55. The Labute approximate surface area is 180 Å². The van der Waals surface area contributed by atoms with Crippen molar-refractivity contribution in [2.45, 2.75) is 6.42 Å². The second kappa shape index (κ2) is 11.1. The molecule has 0 bridgehead atoms. The zero-order valence-electron chi connectivity index (χ0n) is 16.8. The van der Waals surface area contributed by atoms with E-state index in [-0.39, 0.29) is 6.61 Å². The van der Waals surface area contributed by atoms with E-state index in [9.17, 15) is 4.79 Å². The summed E-state index contributed by atoms with van der Waals surface area (Å²) in [5, 5.41) is 8.61. The van der Waals surface area contributed by atoms with Crippen LogP contribution in [-0.2, 0) is 4.79 Å². The average Bonchev–Trinajstić information content (AvgIpc) is 2.78. The van der Waals surface area contributed by atoms with Gasteiger partial charge < -0.3 is 25.1 Å². The number of carbonyl (C=O) groups is 1. The first-order chi connectivity index (χ1) is 15.1. The van der Waals surface area contributed by atoms with Crippen molar-refractivity contribution < 1.29 is 24.1 Å². The predicted molar refractivity (Wildman–Crippen MR) is 116 cm³/mol. The summed E-state index contributed by atoms with van der Waals surface area (Å²) in [6.07, 6.45) is 2.35. The van der Waals surface area contributed by atoms with E-state index >= 15 is 0 Å². The Balaban J connectivity index is 1.47. The standard InChI is InChI=1S/C24H22N2O5/c25-19-6-12-23(18(16-19)5-7-20-4-1-2-13-26-20)30-15-3-14-29-21-8-10-22(11-9-21)31-17-24(27)28/h1-2,4,6,8-13,16H,3,14-15,17,25H2,(H,27,28). The fraction of sp³-hybridized carbons (Fsp3) is 0.167. The number of carboxylic acids is 1. The van der Waals surface area contributed by atoms with Gasteiger partial charge in [0.15, 0.2) is 6.61 Å². The van der Waals surface area contributed by atoms with E-state index < -0.39 is 5.97 Å². The van der Waals surface area contributed by atoms with Gasteiger partial charge in [0.1, 0.15) is 22.9 Å². The van der Waals surface area contributed by atoms with Crippen LogP contribution >= 0.6 is 0 Å². The Kier molecular flexibility index (Phi) is 7.72. The van der Waals surface area contributed by atoms with Crippen LogP contribution in [0.15, 0.2) is 66.9 Å². The van der Waals surface area contributed by atoms with E-state index in [4.69, 9.17) is 25.1 Å². The normalized spacial score (nSPS) is 9.94. The zero-order chi connectivity index (χ0) is 21.9. The third-order valence-electron chi connectivity index (χ3n) is 3.99. The molecule has 0 fully saturated rings. The molecule has 0 radical (unpaired) electrons. The van der Waals surface area contributed by atoms with Crippen molar-refractivity contribution in [2.75, 3.05) is 25.6 Å². The molecule has 3 N–H and O–H groups in total. The third kappa shape index (κ3) is 7.29. The molecule has 0 unspecified atom stereocenters. The van der Waals surface area contributed by atoms with Crippen LogP contribution in [0.1, 0.15) is 17.7 Å². The number of anilines is 1. The number of nitrogen functional groups attached to an aromatic ring is 1. The van der Waals surface area contributed by atoms with E-state index in [0.717, 1.165) is 0 Å². The number of aliphatic carboxylic acids is 1. The van der Waals surface area contributed by atoms with Gasteiger partial charge in [-0.25, -0.2) is 9.78 Å². The summed E-state index contributed by atoms with van der Waals surface area (Å²) in [7, 11) is 0. The number of pyridine rings is 1. The van der Waals surface area contributed by atoms with E-state index in [1.54, 1.807) is 48.7 Å². The number of nitrogens with zero attached hydrogens (tertiary/aromatic N) is 1. The second-order valence-electron chi connectivity index (χ2n) is 6.42. The van der Waals surface area contributed by atoms with Crippen LogP contribution in [0.4, 0.5) is 5.69 Å². The van der Waals surface area contributed by atoms with Crippen LogP contribution in [0, 0.1) is 11.8 Å². The van der Waals surface area contributed by atoms with Crippen molar-refractivity contribution in [2.24, 2.45) is 0 Å². The van der Waals surface area contributed by atoms with E-state index in [1.165, 1.54) is 0 Å². The molecule has 2 aromatic carbocycles. The minimum absolute atomic E-state index is 0.378. The Morgan fingerprint density at radius 3 is 2.39 bits per heavy atom. The molecule has 158 valence electrons. The highest BCUT2D eigenvalue weighted by Gasteiger charge is 2.04. The summed E-state index contributed by atoms with van der Waals surface area (Å²) in [4.78, 5) is 14.7. The van der Waals surface area contributed by atoms with Gasteiger partial charge in [0, 0.05) is 18.3 Å². The maximum atomic E-state index is 10.5. The molecule has 0 aliphatic carbocycles. The number of ether oxygens (including phenoxy) is 3. The molecule has 7 nitrogen and oxygen atoms in total. The largest absolute Gasteiger partial charge is 0.493 e. The van der Waals surface area contributed by atoms with Crippen molar-refractivity contribution in [3.05, 3.63) is 78.1 Å². The number of nitrogens with two attached hydrogens (primary N) is 1. The van der Waals surface area contributed by atoms with Gasteiger partial charge in [-0.15, -0.1) is 0 Å². The van der Waals surface area contributed by atoms with Crippen LogP contribution in [0.3, 0.4) is 0 Å². The predicted octanol–water partition coefficient (Wildman–Crippen LogP) is 3.37. The number of rotatable bonds is 9. The third-order valence-corrected chi connectivity index (χ3v) is 3.99. The van der Waals surface area contributed by atoms with Gasteiger partial charge in [-0.05, 0) is 60.5 Å². The lowest BCUT2D eigenvalue weighted by Crippen LogP contribution is -2.09. The zero-order valence-corrected chi connectivity index (χ0v) is 16.8. The first-order valence-corrected chi connectivity index (χ1v) is 9.63. The first-order valence-electron chi connectivity index (χ1n) is 9.63. The summed E-state index contributed by atoms with van der Waals surface area (Å²) >= 11 is 0. The van der Waals surface area contributed by atoms with Crippen molar-refractivity contribution >= 4 is 11.7 Å². The van der Waals surface area contributed by atoms with Gasteiger partial charge in [-0.2, -0.15) is 0 Å². The van der Waals surface area contributed by atoms with Gasteiger partial charge in [-0.1, -0.05) is 12.0 Å². The minimum atomic E-state index is -1.02. The molecule has 7 heteroatoms. The van der Waals surface area contributed by atoms with E-state index in [2.05, 4.69) is 16.8 Å². The summed E-state index contributed by atoms with van der Waals surface area (Å²) in [6.45, 7) is 0.526. The van der Waals surface area contributed by atoms with Gasteiger partial charge in [0.2, 0.25) is 0 Å². The lowest BCUT2D eigenvalue weighted by molar-refractivity contribution is -0.139. The van der Waals surface area contributed by atoms with Crippen LogP contribution < -0.4 is 19.9 Å². The average molecular weight is 418 g/mol. The van der Waals surface area contributed by atoms with Crippen molar-refractivity contribution in [3.8, 4) is 29.1 Å². The maximum Gasteiger partial charge on any atom is 0.341 e. The number of benzene rings is 2. The topological polar surface area (TPSA) is 104 Å². The summed E-state index contributed by atoms with van der Waals surface area (Å²) < 4.78 is 16.6. The Morgan fingerprint density at radius 1 is 0.935 bits per heavy atom. The van der Waals surface area contributed by atoms with Crippen molar-refractivity contribution in [1.29, 1.82) is 0 Å². The highest BCUT2D eigenvalue weighted by Crippen LogP contribution is 2.21.